The normalized spacial score (nSPS) is 26.7. The Labute approximate surface area is 53.0 Å². The van der Waals surface area contributed by atoms with Crippen LogP contribution in [0.3, 0.4) is 0 Å². The maximum Gasteiger partial charge on any atom is 0.147 e. The molecule has 0 aliphatic carbocycles. The van der Waals surface area contributed by atoms with Crippen LogP contribution in [0.2, 0.25) is 0 Å². The molecule has 2 aliphatic heterocycles. The number of amidine groups is 1. The van der Waals surface area contributed by atoms with E-state index in [0.717, 1.165) is 5.84 Å². The summed E-state index contributed by atoms with van der Waals surface area (Å²) in [4.78, 5) is 7.97. The van der Waals surface area contributed by atoms with Crippen molar-refractivity contribution in [1.82, 2.24) is 0 Å². The maximum absolute atomic E-state index is 3.99. The number of hydrogen-bond acceptors (Lipinski definition) is 2. The molecule has 2 heteroatoms. The summed E-state index contributed by atoms with van der Waals surface area (Å²) in [6.07, 6.45) is 5.28. The Morgan fingerprint density at radius 3 is 3.44 bits per heavy atom. The first-order valence-electron chi connectivity index (χ1n) is 2.75. The predicted octanol–water partition coefficient (Wildman–Crippen LogP) is 0.616. The number of fused-ring (bicyclic) bond motifs is 1. The van der Waals surface area contributed by atoms with Gasteiger partial charge in [0.15, 0.2) is 0 Å². The predicted molar refractivity (Wildman–Crippen MR) is 36.3 cm³/mol. The molecule has 1 atom stereocenters. The fourth-order valence-corrected chi connectivity index (χ4v) is 0.824. The lowest BCUT2D eigenvalue weighted by Gasteiger charge is -1.99. The fraction of sp³-hybridized carbons (Fsp3) is 0.143. The molecular formula is C7H4N2. The third kappa shape index (κ3) is 0.584. The summed E-state index contributed by atoms with van der Waals surface area (Å²) < 4.78 is 0. The van der Waals surface area contributed by atoms with Crippen LogP contribution >= 0.6 is 0 Å². The smallest absolute Gasteiger partial charge is 0.147 e. The van der Waals surface area contributed by atoms with Gasteiger partial charge in [-0.2, -0.15) is 0 Å². The molecule has 1 unspecified atom stereocenters. The molecule has 0 amide bonds. The van der Waals surface area contributed by atoms with Crippen molar-refractivity contribution in [3.05, 3.63) is 12.3 Å². The lowest BCUT2D eigenvalue weighted by atomic mass is 10.1. The van der Waals surface area contributed by atoms with Gasteiger partial charge in [-0.05, 0) is 6.08 Å². The summed E-state index contributed by atoms with van der Waals surface area (Å²) in [6, 6.07) is 0. The molecule has 0 saturated heterocycles. The number of hydrogen-bond donors (Lipinski definition) is 0. The second kappa shape index (κ2) is 1.56. The van der Waals surface area contributed by atoms with Crippen molar-refractivity contribution in [3.8, 4) is 11.8 Å². The van der Waals surface area contributed by atoms with Crippen molar-refractivity contribution in [2.45, 2.75) is 0 Å². The van der Waals surface area contributed by atoms with Crippen molar-refractivity contribution in [3.63, 3.8) is 0 Å². The fourth-order valence-electron chi connectivity index (χ4n) is 0.824. The summed E-state index contributed by atoms with van der Waals surface area (Å²) in [5, 5.41) is 0. The molecule has 0 aromatic heterocycles. The lowest BCUT2D eigenvalue weighted by Crippen LogP contribution is -2.06. The zero-order valence-corrected chi connectivity index (χ0v) is 4.70. The quantitative estimate of drug-likeness (QED) is 0.414. The van der Waals surface area contributed by atoms with E-state index in [4.69, 9.17) is 0 Å². The molecule has 2 heterocycles. The minimum atomic E-state index is 0.176. The van der Waals surface area contributed by atoms with E-state index in [2.05, 4.69) is 21.8 Å². The molecule has 0 N–H and O–H groups in total. The molecule has 0 aromatic rings. The van der Waals surface area contributed by atoms with Gasteiger partial charge in [-0.1, -0.05) is 11.8 Å². The van der Waals surface area contributed by atoms with Crippen molar-refractivity contribution in [1.29, 1.82) is 0 Å². The minimum Gasteiger partial charge on any atom is -0.240 e. The second-order valence-corrected chi connectivity index (χ2v) is 1.85. The Morgan fingerprint density at radius 2 is 2.56 bits per heavy atom. The molecule has 0 spiro atoms. The number of aliphatic imine (C=N–C) groups is 2. The van der Waals surface area contributed by atoms with Crippen LogP contribution < -0.4 is 0 Å². The highest BCUT2D eigenvalue weighted by Gasteiger charge is 2.13. The molecule has 0 bridgehead atoms. The largest absolute Gasteiger partial charge is 0.240 e. The third-order valence-electron chi connectivity index (χ3n) is 1.26. The Balaban J connectivity index is 2.47. The van der Waals surface area contributed by atoms with Gasteiger partial charge in [0.2, 0.25) is 0 Å². The van der Waals surface area contributed by atoms with Gasteiger partial charge in [-0.15, -0.1) is 0 Å². The summed E-state index contributed by atoms with van der Waals surface area (Å²) in [5.74, 6) is 6.75. The van der Waals surface area contributed by atoms with E-state index in [1.54, 1.807) is 12.4 Å². The van der Waals surface area contributed by atoms with E-state index < -0.39 is 0 Å². The Hall–Kier alpha value is -1.36. The highest BCUT2D eigenvalue weighted by atomic mass is 14.9. The standard InChI is InChI=1S/C7H4N2/c1-2-6-3-5-9-7(6)8-4-1/h3-6H. The number of rotatable bonds is 0. The zero-order chi connectivity index (χ0) is 6.10. The van der Waals surface area contributed by atoms with Crippen molar-refractivity contribution in [2.75, 3.05) is 0 Å². The van der Waals surface area contributed by atoms with Gasteiger partial charge in [-0.3, -0.25) is 0 Å². The first-order valence-corrected chi connectivity index (χ1v) is 2.75. The monoisotopic (exact) mass is 116 g/mol. The van der Waals surface area contributed by atoms with Crippen LogP contribution in [0.5, 0.6) is 0 Å². The molecule has 42 valence electrons. The molecule has 2 aliphatic rings. The average Bonchev–Trinajstić information content (AvgIpc) is 2.33. The van der Waals surface area contributed by atoms with Crippen molar-refractivity contribution in [2.24, 2.45) is 15.9 Å². The maximum atomic E-state index is 3.99. The number of nitrogens with zero attached hydrogens (tertiary/aromatic N) is 2. The highest BCUT2D eigenvalue weighted by molar-refractivity contribution is 6.02. The van der Waals surface area contributed by atoms with Crippen LogP contribution in [0.1, 0.15) is 0 Å². The molecule has 0 aromatic carbocycles. The van der Waals surface area contributed by atoms with Gasteiger partial charge >= 0.3 is 0 Å². The van der Waals surface area contributed by atoms with Gasteiger partial charge in [0, 0.05) is 6.20 Å². The van der Waals surface area contributed by atoms with Gasteiger partial charge in [0.25, 0.3) is 0 Å². The van der Waals surface area contributed by atoms with Crippen LogP contribution in [0.15, 0.2) is 22.3 Å². The van der Waals surface area contributed by atoms with E-state index in [9.17, 15) is 0 Å². The first kappa shape index (κ1) is 4.51. The average molecular weight is 116 g/mol. The van der Waals surface area contributed by atoms with Gasteiger partial charge in [0.1, 0.15) is 11.8 Å². The van der Waals surface area contributed by atoms with Crippen molar-refractivity contribution < 1.29 is 0 Å². The summed E-state index contributed by atoms with van der Waals surface area (Å²) in [6.45, 7) is 0. The van der Waals surface area contributed by atoms with Gasteiger partial charge in [0.05, 0.1) is 6.21 Å². The summed E-state index contributed by atoms with van der Waals surface area (Å²) in [7, 11) is 0. The third-order valence-corrected chi connectivity index (χ3v) is 1.26. The van der Waals surface area contributed by atoms with Crippen LogP contribution in [0, 0.1) is 17.8 Å². The highest BCUT2D eigenvalue weighted by Crippen LogP contribution is 2.10. The molecule has 0 radical (unpaired) electrons. The lowest BCUT2D eigenvalue weighted by molar-refractivity contribution is 1.19. The molecular weight excluding hydrogens is 112 g/mol. The van der Waals surface area contributed by atoms with Gasteiger partial charge < -0.3 is 0 Å². The SMILES string of the molecule is C1#CC2C=CN=C2N=C1. The Bertz CT molecular complexity index is 273. The second-order valence-electron chi connectivity index (χ2n) is 1.85. The molecule has 0 fully saturated rings. The molecule has 2 nitrogen and oxygen atoms in total. The van der Waals surface area contributed by atoms with Crippen molar-refractivity contribution >= 4 is 12.1 Å². The molecule has 2 rings (SSSR count). The first-order chi connectivity index (χ1) is 4.47. The molecule has 9 heavy (non-hydrogen) atoms. The Kier molecular flexibility index (Phi) is 0.782. The van der Waals surface area contributed by atoms with Crippen LogP contribution in [0.4, 0.5) is 0 Å². The summed E-state index contributed by atoms with van der Waals surface area (Å²) >= 11 is 0. The van der Waals surface area contributed by atoms with E-state index in [1.807, 2.05) is 6.08 Å². The van der Waals surface area contributed by atoms with E-state index >= 15 is 0 Å². The minimum absolute atomic E-state index is 0.176. The van der Waals surface area contributed by atoms with Crippen LogP contribution in [-0.2, 0) is 0 Å². The van der Waals surface area contributed by atoms with E-state index in [1.165, 1.54) is 0 Å². The van der Waals surface area contributed by atoms with Gasteiger partial charge in [-0.25, -0.2) is 9.98 Å². The van der Waals surface area contributed by atoms with Crippen LogP contribution in [0.25, 0.3) is 0 Å². The van der Waals surface area contributed by atoms with Crippen LogP contribution in [-0.4, -0.2) is 12.1 Å². The zero-order valence-electron chi connectivity index (χ0n) is 4.70. The van der Waals surface area contributed by atoms with E-state index in [-0.39, 0.29) is 5.92 Å². The Morgan fingerprint density at radius 1 is 1.56 bits per heavy atom. The molecule has 0 saturated carbocycles. The topological polar surface area (TPSA) is 24.7 Å². The van der Waals surface area contributed by atoms with E-state index in [0.29, 0.717) is 0 Å². The summed E-state index contributed by atoms with van der Waals surface area (Å²) in [5.41, 5.74) is 0.